The molecule has 4 atom stereocenters. The number of aliphatic imine (C=N–C) groups is 4. The number of imide groups is 2. The Kier molecular flexibility index (Phi) is 32.7. The van der Waals surface area contributed by atoms with E-state index in [9.17, 15) is 47.9 Å². The predicted molar refractivity (Wildman–Crippen MR) is 553 cm³/mol. The number of aliphatic carboxylic acids is 1. The molecule has 0 saturated carbocycles. The molecule has 2 N–H and O–H groups in total. The minimum Gasteiger partial charge on any atom is -0.493 e. The number of nitrogens with zero attached hydrogens (tertiary/aromatic N) is 12. The number of hydrogen-bond donors (Lipinski definition) is 2. The maximum absolute atomic E-state index is 14.1. The summed E-state index contributed by atoms with van der Waals surface area (Å²) in [6.45, 7) is 9.42. The zero-order valence-corrected chi connectivity index (χ0v) is 83.4. The van der Waals surface area contributed by atoms with Crippen LogP contribution in [0.3, 0.4) is 0 Å². The third kappa shape index (κ3) is 23.9. The summed E-state index contributed by atoms with van der Waals surface area (Å²) in [6, 6.07) is 57.8. The van der Waals surface area contributed by atoms with E-state index in [1.165, 1.54) is 0 Å². The largest absolute Gasteiger partial charge is 0.493 e. The highest BCUT2D eigenvalue weighted by atomic mass is 16.7. The lowest BCUT2D eigenvalue weighted by Crippen LogP contribution is -2.37. The first-order valence-electron chi connectivity index (χ1n) is 49.4. The van der Waals surface area contributed by atoms with E-state index in [0.717, 1.165) is 96.2 Å². The molecule has 10 aliphatic heterocycles. The number of carbonyl (C=O) groups is 10. The first kappa shape index (κ1) is 103. The highest BCUT2D eigenvalue weighted by molar-refractivity contribution is 6.18. The van der Waals surface area contributed by atoms with E-state index in [0.29, 0.717) is 170 Å². The van der Waals surface area contributed by atoms with E-state index in [2.05, 4.69) is 40.1 Å². The third-order valence-electron chi connectivity index (χ3n) is 26.8. The number of aryl methyl sites for hydroxylation is 2. The van der Waals surface area contributed by atoms with Crippen LogP contribution in [0.15, 0.2) is 202 Å². The molecule has 2 fully saturated rings. The van der Waals surface area contributed by atoms with Crippen LogP contribution in [-0.2, 0) is 114 Å². The molecular weight excluding hydrogens is 1910 g/mol. The fourth-order valence-corrected chi connectivity index (χ4v) is 19.1. The average molecular weight is 2030 g/mol. The zero-order chi connectivity index (χ0) is 104. The van der Waals surface area contributed by atoms with Gasteiger partial charge in [0.05, 0.1) is 176 Å². The zero-order valence-electron chi connectivity index (χ0n) is 83.4. The molecule has 0 aromatic heterocycles. The molecule has 10 aromatic rings. The van der Waals surface area contributed by atoms with Crippen LogP contribution in [0, 0.1) is 13.8 Å². The number of carboxylic acids is 1. The van der Waals surface area contributed by atoms with Crippen molar-refractivity contribution in [3.8, 4) is 34.5 Å². The van der Waals surface area contributed by atoms with Crippen molar-refractivity contribution in [3.05, 3.63) is 260 Å². The lowest BCUT2D eigenvalue weighted by molar-refractivity contribution is -0.198. The van der Waals surface area contributed by atoms with Crippen molar-refractivity contribution in [1.29, 1.82) is 0 Å². The van der Waals surface area contributed by atoms with Gasteiger partial charge >= 0.3 is 11.9 Å². The number of methoxy groups -OCH3 is 2. The number of carbonyl (C=O) groups excluding carboxylic acids is 9. The molecule has 0 aliphatic carbocycles. The van der Waals surface area contributed by atoms with Crippen LogP contribution in [0.4, 0.5) is 56.9 Å². The van der Waals surface area contributed by atoms with Gasteiger partial charge < -0.3 is 76.6 Å². The summed E-state index contributed by atoms with van der Waals surface area (Å²) < 4.78 is 71.3. The average Bonchev–Trinajstić information content (AvgIpc) is 1.62. The van der Waals surface area contributed by atoms with Crippen molar-refractivity contribution < 1.29 is 120 Å². The van der Waals surface area contributed by atoms with Crippen LogP contribution in [0.1, 0.15) is 136 Å². The second-order valence-corrected chi connectivity index (χ2v) is 36.9. The molecule has 10 aliphatic rings. The Morgan fingerprint density at radius 1 is 0.349 bits per heavy atom. The number of carboxylic acid groups (broad SMARTS) is 1. The van der Waals surface area contributed by atoms with E-state index in [1.54, 1.807) is 43.4 Å². The quantitative estimate of drug-likeness (QED) is 0.0204. The molecular formula is C112H114N12O25. The Hall–Kier alpha value is -15.9. The summed E-state index contributed by atoms with van der Waals surface area (Å²) in [4.78, 5) is 158. The highest BCUT2D eigenvalue weighted by Gasteiger charge is 2.43. The molecule has 149 heavy (non-hydrogen) atoms. The third-order valence-corrected chi connectivity index (χ3v) is 26.8. The molecule has 37 heteroatoms. The Bertz CT molecular complexity index is 6890. The molecule has 0 bridgehead atoms. The number of fused-ring (bicyclic) bond motifs is 16. The Morgan fingerprint density at radius 2 is 0.638 bits per heavy atom. The highest BCUT2D eigenvalue weighted by Crippen LogP contribution is 2.47. The second-order valence-electron chi connectivity index (χ2n) is 36.9. The maximum Gasteiger partial charge on any atom is 0.335 e. The summed E-state index contributed by atoms with van der Waals surface area (Å²) in [5.41, 5.74) is 19.0. The standard InChI is InChI=1S/C56H56N6O12.C52H53N5O10.C4H5NO3/c1-35-22-43-45(57-31-41-26-38-8-4-6-10-47(38)60(41)55(43)66)29-49(35)72-33-36-23-37(34-73-51-30-46-44(28-50(51)68-3)56(67)61-42(32-58-46)27-39-9-5-7-11-48(39)61)25-40(24-36)59(2)15-17-70-19-21-71-20-18-69-16-14-54(65)74-62-52(63)12-13-53(62)64;1-33-20-41-43(53-29-39-24-36-8-4-6-10-45(36)56(39)51(41)60)27-47(33)66-31-34-21-35(23-38(22-34)55(2)13-15-64-17-19-65-18-16-63-14-12-50(58)59)32-67-49-28-44-42(26-48(49)62-3)52(61)57-40(30-54-44)25-37-9-5-7-11-46(37)57;6-3-1-2-4(7)5(3)8/h4-11,22-25,28-32,41-42H,12-21,26-27,33-34H2,1-3H3;4-11,20-23,26-30,39-40H,12-19,24-25,31-32H2,1-3H3,(H,58,59);8H,1-2H2/t41-,42-;39-,40-;/m00./s1. The number of benzene rings is 10. The number of ether oxygens (including phenoxy) is 12. The van der Waals surface area contributed by atoms with Gasteiger partial charge in [0.25, 0.3) is 47.3 Å². The van der Waals surface area contributed by atoms with Crippen LogP contribution in [0.5, 0.6) is 34.5 Å². The van der Waals surface area contributed by atoms with Gasteiger partial charge in [-0.2, -0.15) is 5.06 Å². The predicted octanol–water partition coefficient (Wildman–Crippen LogP) is 14.4. The van der Waals surface area contributed by atoms with Gasteiger partial charge in [-0.3, -0.25) is 87.9 Å². The molecule has 10 heterocycles. The number of hydrogen-bond acceptors (Lipinski definition) is 30. The van der Waals surface area contributed by atoms with Crippen molar-refractivity contribution in [2.24, 2.45) is 20.0 Å². The fourth-order valence-electron chi connectivity index (χ4n) is 19.1. The summed E-state index contributed by atoms with van der Waals surface area (Å²) in [5, 5.41) is 17.8. The van der Waals surface area contributed by atoms with Crippen LogP contribution in [-0.4, -0.2) is 249 Å². The summed E-state index contributed by atoms with van der Waals surface area (Å²) in [7, 11) is 7.07. The van der Waals surface area contributed by atoms with E-state index in [-0.39, 0.29) is 144 Å². The van der Waals surface area contributed by atoms with Gasteiger partial charge in [-0.15, -0.1) is 5.06 Å². The smallest absolute Gasteiger partial charge is 0.335 e. The van der Waals surface area contributed by atoms with Crippen molar-refractivity contribution in [2.45, 2.75) is 129 Å². The van der Waals surface area contributed by atoms with Gasteiger partial charge in [-0.25, -0.2) is 4.79 Å². The molecule has 2 saturated heterocycles. The van der Waals surface area contributed by atoms with Crippen LogP contribution in [0.25, 0.3) is 0 Å². The van der Waals surface area contributed by atoms with Gasteiger partial charge in [0.1, 0.15) is 37.9 Å². The van der Waals surface area contributed by atoms with Crippen LogP contribution in [0.2, 0.25) is 0 Å². The monoisotopic (exact) mass is 2030 g/mol. The molecule has 20 rings (SSSR count). The van der Waals surface area contributed by atoms with Gasteiger partial charge in [-0.1, -0.05) is 72.8 Å². The second kappa shape index (κ2) is 47.3. The number of anilines is 6. The summed E-state index contributed by atoms with van der Waals surface area (Å²) in [6.07, 6.45) is 10.4. The van der Waals surface area contributed by atoms with Crippen molar-refractivity contribution in [1.82, 2.24) is 10.1 Å². The van der Waals surface area contributed by atoms with Gasteiger partial charge in [0.15, 0.2) is 23.0 Å². The van der Waals surface area contributed by atoms with Crippen LogP contribution >= 0.6 is 0 Å². The first-order valence-corrected chi connectivity index (χ1v) is 49.4. The van der Waals surface area contributed by atoms with Gasteiger partial charge in [0, 0.05) is 162 Å². The topological polar surface area (TPSA) is 407 Å². The lowest BCUT2D eigenvalue weighted by atomic mass is 10.1. The van der Waals surface area contributed by atoms with Crippen molar-refractivity contribution in [3.63, 3.8) is 0 Å². The van der Waals surface area contributed by atoms with Crippen molar-refractivity contribution in [2.75, 3.05) is 150 Å². The Morgan fingerprint density at radius 3 is 0.953 bits per heavy atom. The fraction of sp³-hybridized carbons (Fsp3) is 0.339. The van der Waals surface area contributed by atoms with Crippen molar-refractivity contribution >= 4 is 141 Å². The normalized spacial score (nSPS) is 16.9. The SMILES string of the molecule is COc1cc2c(cc1OCc1cc(COc3cc4c(cc3C)C(=O)N3c5ccccc5C[C@H]3C=N4)cc(N(C)CCOCCOCCOCCC(=O)O)c1)N=C[C@@H]1Cc3ccccc3N1C2=O.COc1cc2c(cc1OCc1cc(COc3cc4c(cc3C)C(=O)N3c5ccccc5C[C@H]3C=N4)cc(N(C)CCOCCOCCOCCC(=O)ON3C(=O)CCC3=O)c1)N=C[C@@H]1Cc3ccccc3N1C2=O.O=C1CCC(=O)N1O. The van der Waals surface area contributed by atoms with E-state index in [4.69, 9.17) is 92.0 Å². The van der Waals surface area contributed by atoms with E-state index < -0.39 is 35.6 Å². The maximum atomic E-state index is 14.1. The number of rotatable bonds is 41. The summed E-state index contributed by atoms with van der Waals surface area (Å²) in [5.74, 6) is -1.20. The van der Waals surface area contributed by atoms with Crippen LogP contribution < -0.4 is 57.8 Å². The molecule has 37 nitrogen and oxygen atoms in total. The van der Waals surface area contributed by atoms with E-state index >= 15 is 0 Å². The Balaban J connectivity index is 0.000000182. The molecule has 0 spiro atoms. The minimum absolute atomic E-state index is 0.0338. The molecule has 10 aromatic carbocycles. The first-order chi connectivity index (χ1) is 72.4. The Labute approximate surface area is 859 Å². The molecule has 0 radical (unpaired) electrons. The van der Waals surface area contributed by atoms with Gasteiger partial charge in [-0.05, 0) is 154 Å². The van der Waals surface area contributed by atoms with Gasteiger partial charge in [0.2, 0.25) is 0 Å². The molecule has 8 amide bonds. The minimum atomic E-state index is -0.897. The lowest BCUT2D eigenvalue weighted by Gasteiger charge is -2.23. The number of amides is 8. The molecule has 772 valence electrons. The van der Waals surface area contributed by atoms with E-state index in [1.807, 2.05) is 195 Å². The number of hydroxylamine groups is 4. The number of likely N-dealkylation sites (N-methyl/N-ethyl adjacent to an activating group) is 2. The number of para-hydroxylation sites is 4. The molecule has 0 unspecified atom stereocenters. The summed E-state index contributed by atoms with van der Waals surface area (Å²) >= 11 is 0.